The molecule has 0 radical (unpaired) electrons. The Morgan fingerprint density at radius 1 is 1.19 bits per heavy atom. The summed E-state index contributed by atoms with van der Waals surface area (Å²) in [5.74, 6) is 1.03. The quantitative estimate of drug-likeness (QED) is 0.772. The fourth-order valence-electron chi connectivity index (χ4n) is 2.19. The molecule has 1 aromatic carbocycles. The van der Waals surface area contributed by atoms with Crippen LogP contribution in [0.2, 0.25) is 0 Å². The largest absolute Gasteiger partial charge is 0.489 e. The fourth-order valence-corrected chi connectivity index (χ4v) is 2.19. The van der Waals surface area contributed by atoms with Crippen molar-refractivity contribution in [1.29, 1.82) is 0 Å². The Bertz CT molecular complexity index is 354. The van der Waals surface area contributed by atoms with Crippen LogP contribution >= 0.6 is 0 Å². The average molecular weight is 219 g/mol. The van der Waals surface area contributed by atoms with Gasteiger partial charge in [-0.05, 0) is 51.3 Å². The van der Waals surface area contributed by atoms with Crippen molar-refractivity contribution in [2.45, 2.75) is 39.7 Å². The van der Waals surface area contributed by atoms with Crippen molar-refractivity contribution >= 4 is 5.69 Å². The van der Waals surface area contributed by atoms with Gasteiger partial charge in [-0.25, -0.2) is 0 Å². The van der Waals surface area contributed by atoms with E-state index in [0.717, 1.165) is 18.8 Å². The van der Waals surface area contributed by atoms with E-state index in [1.165, 1.54) is 24.1 Å². The van der Waals surface area contributed by atoms with Crippen LogP contribution in [0.4, 0.5) is 5.69 Å². The van der Waals surface area contributed by atoms with Gasteiger partial charge in [0, 0.05) is 13.1 Å². The van der Waals surface area contributed by atoms with Gasteiger partial charge in [0.2, 0.25) is 0 Å². The summed E-state index contributed by atoms with van der Waals surface area (Å²) in [6.45, 7) is 8.62. The molecule has 0 amide bonds. The highest BCUT2D eigenvalue weighted by Gasteiger charge is 2.17. The van der Waals surface area contributed by atoms with Crippen LogP contribution in [0.3, 0.4) is 0 Å². The van der Waals surface area contributed by atoms with Crippen LogP contribution < -0.4 is 9.64 Å². The maximum absolute atomic E-state index is 5.87. The summed E-state index contributed by atoms with van der Waals surface area (Å²) in [4.78, 5) is 2.44. The third kappa shape index (κ3) is 2.49. The lowest BCUT2D eigenvalue weighted by molar-refractivity contribution is 0.243. The number of rotatable bonds is 3. The number of benzene rings is 1. The van der Waals surface area contributed by atoms with Gasteiger partial charge in [-0.3, -0.25) is 0 Å². The molecule has 0 unspecified atom stereocenters. The zero-order chi connectivity index (χ0) is 11.5. The summed E-state index contributed by atoms with van der Waals surface area (Å²) < 4.78 is 5.87. The highest BCUT2D eigenvalue weighted by atomic mass is 16.5. The molecule has 1 fully saturated rings. The van der Waals surface area contributed by atoms with E-state index < -0.39 is 0 Å². The van der Waals surface area contributed by atoms with Crippen LogP contribution in [0.25, 0.3) is 0 Å². The van der Waals surface area contributed by atoms with E-state index >= 15 is 0 Å². The Labute approximate surface area is 98.2 Å². The van der Waals surface area contributed by atoms with Crippen LogP contribution in [0.1, 0.15) is 32.3 Å². The molecule has 0 atom stereocenters. The molecule has 0 spiro atoms. The minimum Gasteiger partial charge on any atom is -0.489 e. The van der Waals surface area contributed by atoms with E-state index in [2.05, 4.69) is 43.9 Å². The number of nitrogens with zero attached hydrogens (tertiary/aromatic N) is 1. The Morgan fingerprint density at radius 3 is 2.50 bits per heavy atom. The highest BCUT2D eigenvalue weighted by molar-refractivity contribution is 5.60. The van der Waals surface area contributed by atoms with E-state index in [1.807, 2.05) is 0 Å². The summed E-state index contributed by atoms with van der Waals surface area (Å²) in [5, 5.41) is 0. The van der Waals surface area contributed by atoms with E-state index in [0.29, 0.717) is 0 Å². The zero-order valence-electron chi connectivity index (χ0n) is 10.5. The van der Waals surface area contributed by atoms with Crippen LogP contribution in [0.15, 0.2) is 18.2 Å². The summed E-state index contributed by atoms with van der Waals surface area (Å²) in [6.07, 6.45) is 2.84. The van der Waals surface area contributed by atoms with Gasteiger partial charge in [-0.1, -0.05) is 6.07 Å². The molecule has 2 nitrogen and oxygen atoms in total. The first-order valence-corrected chi connectivity index (χ1v) is 6.19. The van der Waals surface area contributed by atoms with Crippen molar-refractivity contribution in [3.05, 3.63) is 23.8 Å². The smallest absolute Gasteiger partial charge is 0.142 e. The molecule has 1 aromatic rings. The van der Waals surface area contributed by atoms with Gasteiger partial charge >= 0.3 is 0 Å². The molecule has 0 aromatic heterocycles. The lowest BCUT2D eigenvalue weighted by atomic mass is 10.2. The van der Waals surface area contributed by atoms with Crippen molar-refractivity contribution in [3.63, 3.8) is 0 Å². The lowest BCUT2D eigenvalue weighted by Crippen LogP contribution is -2.19. The second kappa shape index (κ2) is 4.77. The first-order valence-electron chi connectivity index (χ1n) is 6.19. The standard InChI is InChI=1S/C14H21NO/c1-11(2)16-14-7-6-12(3)10-13(14)15-8-4-5-9-15/h6-7,10-11H,4-5,8-9H2,1-3H3. The summed E-state index contributed by atoms with van der Waals surface area (Å²) in [6, 6.07) is 6.46. The van der Waals surface area contributed by atoms with E-state index in [1.54, 1.807) is 0 Å². The Morgan fingerprint density at radius 2 is 1.88 bits per heavy atom. The van der Waals surface area contributed by atoms with Gasteiger partial charge in [0.1, 0.15) is 5.75 Å². The molecule has 0 bridgehead atoms. The molecular weight excluding hydrogens is 198 g/mol. The molecule has 0 saturated carbocycles. The fraction of sp³-hybridized carbons (Fsp3) is 0.571. The van der Waals surface area contributed by atoms with Gasteiger partial charge < -0.3 is 9.64 Å². The lowest BCUT2D eigenvalue weighted by Gasteiger charge is -2.23. The van der Waals surface area contributed by atoms with Gasteiger partial charge in [0.15, 0.2) is 0 Å². The molecule has 1 heterocycles. The minimum absolute atomic E-state index is 0.240. The predicted molar refractivity (Wildman–Crippen MR) is 68.4 cm³/mol. The molecule has 2 rings (SSSR count). The molecule has 1 aliphatic heterocycles. The third-order valence-electron chi connectivity index (χ3n) is 2.92. The Kier molecular flexibility index (Phi) is 3.37. The van der Waals surface area contributed by atoms with Gasteiger partial charge in [-0.2, -0.15) is 0 Å². The third-order valence-corrected chi connectivity index (χ3v) is 2.92. The van der Waals surface area contributed by atoms with Crippen LogP contribution in [0.5, 0.6) is 5.75 Å². The van der Waals surface area contributed by atoms with Crippen LogP contribution in [0, 0.1) is 6.92 Å². The number of hydrogen-bond donors (Lipinski definition) is 0. The van der Waals surface area contributed by atoms with Gasteiger partial charge in [0.25, 0.3) is 0 Å². The molecule has 16 heavy (non-hydrogen) atoms. The molecule has 88 valence electrons. The Hall–Kier alpha value is -1.18. The molecule has 1 aliphatic rings. The van der Waals surface area contributed by atoms with Crippen molar-refractivity contribution in [1.82, 2.24) is 0 Å². The monoisotopic (exact) mass is 219 g/mol. The second-order valence-electron chi connectivity index (χ2n) is 4.83. The van der Waals surface area contributed by atoms with Crippen LogP contribution in [-0.2, 0) is 0 Å². The molecular formula is C14H21NO. The SMILES string of the molecule is Cc1ccc(OC(C)C)c(N2CCCC2)c1. The molecule has 0 N–H and O–H groups in total. The number of hydrogen-bond acceptors (Lipinski definition) is 2. The van der Waals surface area contributed by atoms with E-state index in [9.17, 15) is 0 Å². The number of anilines is 1. The van der Waals surface area contributed by atoms with E-state index in [4.69, 9.17) is 4.74 Å². The second-order valence-corrected chi connectivity index (χ2v) is 4.83. The zero-order valence-corrected chi connectivity index (χ0v) is 10.5. The van der Waals surface area contributed by atoms with Crippen molar-refractivity contribution < 1.29 is 4.74 Å². The summed E-state index contributed by atoms with van der Waals surface area (Å²) in [5.41, 5.74) is 2.57. The van der Waals surface area contributed by atoms with Crippen LogP contribution in [-0.4, -0.2) is 19.2 Å². The predicted octanol–water partition coefficient (Wildman–Crippen LogP) is 3.38. The molecule has 1 saturated heterocycles. The van der Waals surface area contributed by atoms with Gasteiger partial charge in [0.05, 0.1) is 11.8 Å². The topological polar surface area (TPSA) is 12.5 Å². The average Bonchev–Trinajstić information content (AvgIpc) is 2.73. The number of aryl methyl sites for hydroxylation is 1. The summed E-state index contributed by atoms with van der Waals surface area (Å²) in [7, 11) is 0. The summed E-state index contributed by atoms with van der Waals surface area (Å²) >= 11 is 0. The van der Waals surface area contributed by atoms with E-state index in [-0.39, 0.29) is 6.10 Å². The van der Waals surface area contributed by atoms with Crippen molar-refractivity contribution in [2.75, 3.05) is 18.0 Å². The minimum atomic E-state index is 0.240. The van der Waals surface area contributed by atoms with Gasteiger partial charge in [-0.15, -0.1) is 0 Å². The van der Waals surface area contributed by atoms with Crippen molar-refractivity contribution in [3.8, 4) is 5.75 Å². The highest BCUT2D eigenvalue weighted by Crippen LogP contribution is 2.32. The first kappa shape index (κ1) is 11.3. The normalized spacial score (nSPS) is 15.9. The molecule has 2 heteroatoms. The maximum atomic E-state index is 5.87. The first-order chi connectivity index (χ1) is 7.66. The van der Waals surface area contributed by atoms with Crippen molar-refractivity contribution in [2.24, 2.45) is 0 Å². The number of ether oxygens (including phenoxy) is 1. The Balaban J connectivity index is 2.28. The molecule has 0 aliphatic carbocycles. The maximum Gasteiger partial charge on any atom is 0.142 e.